The van der Waals surface area contributed by atoms with Crippen molar-refractivity contribution in [2.24, 2.45) is 0 Å². The summed E-state index contributed by atoms with van der Waals surface area (Å²) in [6.45, 7) is 15.0. The van der Waals surface area contributed by atoms with E-state index in [1.54, 1.807) is 0 Å². The van der Waals surface area contributed by atoms with Crippen LogP contribution in [0.5, 0.6) is 0 Å². The number of aromatic nitrogens is 2. The summed E-state index contributed by atoms with van der Waals surface area (Å²) in [4.78, 5) is 0. The maximum atomic E-state index is 6.46. The van der Waals surface area contributed by atoms with Gasteiger partial charge in [0, 0.05) is 37.9 Å². The Morgan fingerprint density at radius 3 is 2.04 bits per heavy atom. The van der Waals surface area contributed by atoms with Crippen LogP contribution in [0.4, 0.5) is 0 Å². The molecule has 3 aromatic heterocycles. The van der Waals surface area contributed by atoms with Crippen LogP contribution in [-0.2, 0) is 20.1 Å². The minimum atomic E-state index is -1.83. The average molecular weight is 896 g/mol. The molecule has 0 atom stereocenters. The fourth-order valence-corrected chi connectivity index (χ4v) is 10.3. The average Bonchev–Trinajstić information content (AvgIpc) is 3.44. The fraction of sp³-hybridized carbons (Fsp3) is 0.156. The minimum Gasteiger partial charge on any atom is 0 e. The Labute approximate surface area is 314 Å². The first-order valence-corrected chi connectivity index (χ1v) is 24.2. The molecule has 50 heavy (non-hydrogen) atoms. The van der Waals surface area contributed by atoms with Gasteiger partial charge in [-0.3, -0.25) is 0 Å². The van der Waals surface area contributed by atoms with Gasteiger partial charge in [0.15, 0.2) is 0 Å². The van der Waals surface area contributed by atoms with Crippen molar-refractivity contribution in [3.05, 3.63) is 166 Å². The molecule has 0 N–H and O–H groups in total. The van der Waals surface area contributed by atoms with Gasteiger partial charge < -0.3 is 8.98 Å². The van der Waals surface area contributed by atoms with E-state index >= 15 is 0 Å². The van der Waals surface area contributed by atoms with E-state index in [1.807, 2.05) is 33.5 Å². The molecule has 3 nitrogen and oxygen atoms in total. The molecular weight excluding hydrogens is 849 g/mol. The smallest absolute Gasteiger partial charge is 0 e. The van der Waals surface area contributed by atoms with Crippen molar-refractivity contribution in [3.63, 3.8) is 0 Å². The van der Waals surface area contributed by atoms with Crippen LogP contribution in [0.15, 0.2) is 120 Å². The van der Waals surface area contributed by atoms with Gasteiger partial charge in [-0.25, -0.2) is 0 Å². The van der Waals surface area contributed by atoms with Crippen LogP contribution in [0, 0.1) is 34.9 Å². The summed E-state index contributed by atoms with van der Waals surface area (Å²) in [7, 11) is 8.37. The van der Waals surface area contributed by atoms with Gasteiger partial charge in [-0.15, -0.1) is 6.07 Å². The predicted octanol–water partition coefficient (Wildman–Crippen LogP) is 10.5. The molecule has 0 spiro atoms. The van der Waals surface area contributed by atoms with Gasteiger partial charge in [0.1, 0.15) is 5.58 Å². The van der Waals surface area contributed by atoms with E-state index in [1.165, 1.54) is 21.1 Å². The molecule has 0 aliphatic carbocycles. The zero-order valence-electron chi connectivity index (χ0n) is 30.0. The molecule has 7 aromatic rings. The number of nitrogens with zero attached hydrogens (tertiary/aromatic N) is 2. The standard InChI is InChI=1S/C28H24NO.C17H22GeN.Ir/c1-18(2)21-14-15-29(4)25(16-21)27-19(3)10-12-24-23-13-11-22(17-26(23)30-28(24)27)20-8-6-5-7-9-20;1-13-9-7-8-10-15(13)17-11-14(2)16(12-19(17)6)18(3,4)5;/h5-18H,3-4H2,1-2H3;7-12H,1,6H2,2-5H3;/q2*-1;. The number of hydrogen-bond donors (Lipinski definition) is 0. The summed E-state index contributed by atoms with van der Waals surface area (Å²) in [6, 6.07) is 35.8. The Hall–Kier alpha value is -4.35. The molecular formula is C45H46GeIrN2O-2. The van der Waals surface area contributed by atoms with Crippen molar-refractivity contribution in [3.8, 4) is 33.6 Å². The quantitative estimate of drug-likeness (QED) is 0.0958. The molecule has 0 aliphatic rings. The third kappa shape index (κ3) is 7.39. The molecule has 5 heteroatoms. The van der Waals surface area contributed by atoms with Gasteiger partial charge in [-0.05, 0) is 29.2 Å². The van der Waals surface area contributed by atoms with Crippen molar-refractivity contribution < 1.29 is 33.7 Å². The summed E-state index contributed by atoms with van der Waals surface area (Å²) in [6.07, 6.45) is 4.23. The van der Waals surface area contributed by atoms with Crippen molar-refractivity contribution in [2.75, 3.05) is 0 Å². The van der Waals surface area contributed by atoms with Crippen molar-refractivity contribution in [1.29, 1.82) is 0 Å². The largest absolute Gasteiger partial charge is 0 e. The molecule has 257 valence electrons. The molecule has 1 radical (unpaired) electrons. The predicted molar refractivity (Wildman–Crippen MR) is 209 cm³/mol. The Morgan fingerprint density at radius 1 is 0.680 bits per heavy atom. The molecule has 0 saturated carbocycles. The van der Waals surface area contributed by atoms with E-state index in [-0.39, 0.29) is 20.1 Å². The monoisotopic (exact) mass is 897 g/mol. The minimum absolute atomic E-state index is 0. The van der Waals surface area contributed by atoms with Crippen molar-refractivity contribution in [2.45, 2.75) is 44.0 Å². The Morgan fingerprint density at radius 2 is 1.36 bits per heavy atom. The summed E-state index contributed by atoms with van der Waals surface area (Å²) in [5, 5.41) is 2.21. The zero-order valence-corrected chi connectivity index (χ0v) is 34.5. The van der Waals surface area contributed by atoms with Gasteiger partial charge in [0.25, 0.3) is 0 Å². The number of rotatable bonds is 5. The number of benzene rings is 4. The fourth-order valence-electron chi connectivity index (χ4n) is 6.57. The van der Waals surface area contributed by atoms with Crippen molar-refractivity contribution in [1.82, 2.24) is 0 Å². The molecule has 0 aliphatic heterocycles. The van der Waals surface area contributed by atoms with Crippen LogP contribution in [0.1, 0.15) is 42.0 Å². The summed E-state index contributed by atoms with van der Waals surface area (Å²) in [5.74, 6) is 7.67. The van der Waals surface area contributed by atoms with Crippen LogP contribution in [0.25, 0.3) is 55.6 Å². The second kappa shape index (κ2) is 14.9. The first-order valence-electron chi connectivity index (χ1n) is 16.9. The number of hydrogen-bond acceptors (Lipinski definition) is 1. The molecule has 0 bridgehead atoms. The zero-order chi connectivity index (χ0) is 35.0. The Kier molecular flexibility index (Phi) is 11.0. The van der Waals surface area contributed by atoms with Gasteiger partial charge in [-0.2, -0.15) is 18.6 Å². The maximum Gasteiger partial charge on any atom is 0 e. The Bertz CT molecular complexity index is 2300. The van der Waals surface area contributed by atoms with Gasteiger partial charge in [0.2, 0.25) is 0 Å². The molecule has 7 rings (SSSR count). The molecule has 3 heterocycles. The maximum absolute atomic E-state index is 6.46. The van der Waals surface area contributed by atoms with Crippen LogP contribution in [0.3, 0.4) is 0 Å². The first kappa shape index (κ1) is 36.9. The van der Waals surface area contributed by atoms with E-state index in [0.29, 0.717) is 5.92 Å². The SMILES string of the molecule is [CH2-]c1ccc2c(oc3cc(-c4ccccc4)ccc32)c1-c1cc(C(C)C)cc[n+]1[CH2-].[CH2-]c1ccccc1-c1cc(C)[c]([Ge]([CH3])([CH3])[CH3])c[n+]1[CH2-].[Ir]. The second-order valence-electron chi connectivity index (χ2n) is 14.3. The number of fused-ring (bicyclic) bond motifs is 3. The third-order valence-corrected chi connectivity index (χ3v) is 13.8. The van der Waals surface area contributed by atoms with E-state index in [9.17, 15) is 0 Å². The summed E-state index contributed by atoms with van der Waals surface area (Å²) >= 11 is -1.83. The van der Waals surface area contributed by atoms with Gasteiger partial charge >= 0.3 is 119 Å². The van der Waals surface area contributed by atoms with E-state index in [4.69, 9.17) is 4.42 Å². The first-order chi connectivity index (χ1) is 23.3. The van der Waals surface area contributed by atoms with Crippen LogP contribution in [0.2, 0.25) is 17.3 Å². The molecule has 0 saturated heterocycles. The second-order valence-corrected chi connectivity index (χ2v) is 24.8. The van der Waals surface area contributed by atoms with Gasteiger partial charge in [-0.1, -0.05) is 73.5 Å². The third-order valence-electron chi connectivity index (χ3n) is 9.29. The Balaban J connectivity index is 0.000000211. The number of furan rings is 1. The molecule has 4 aromatic carbocycles. The van der Waals surface area contributed by atoms with E-state index in [0.717, 1.165) is 61.1 Å². The van der Waals surface area contributed by atoms with E-state index < -0.39 is 13.3 Å². The van der Waals surface area contributed by atoms with Crippen molar-refractivity contribution >= 4 is 39.6 Å². The number of pyridine rings is 2. The molecule has 0 unspecified atom stereocenters. The van der Waals surface area contributed by atoms with Crippen LogP contribution >= 0.6 is 0 Å². The normalized spacial score (nSPS) is 11.3. The molecule has 0 amide bonds. The topological polar surface area (TPSA) is 20.9 Å². The van der Waals surface area contributed by atoms with Crippen LogP contribution in [-0.4, -0.2) is 13.3 Å². The molecule has 0 fully saturated rings. The number of aryl methyl sites for hydroxylation is 1. The van der Waals surface area contributed by atoms with Crippen LogP contribution < -0.4 is 13.5 Å². The summed E-state index contributed by atoms with van der Waals surface area (Å²) in [5.41, 5.74) is 13.0. The summed E-state index contributed by atoms with van der Waals surface area (Å²) < 4.78 is 11.9. The van der Waals surface area contributed by atoms with Gasteiger partial charge in [0.05, 0.1) is 17.5 Å². The van der Waals surface area contributed by atoms with E-state index in [2.05, 4.69) is 157 Å².